The Hall–Kier alpha value is 0.431. The van der Waals surface area contributed by atoms with Crippen LogP contribution in [0.2, 0.25) is 0 Å². The predicted molar refractivity (Wildman–Crippen MR) is 39.3 cm³/mol. The van der Waals surface area contributed by atoms with Crippen molar-refractivity contribution in [2.24, 2.45) is 0 Å². The molecular weight excluding hydrogens is 303 g/mol. The van der Waals surface area contributed by atoms with E-state index in [1.54, 1.807) is 0 Å². The van der Waals surface area contributed by atoms with Crippen molar-refractivity contribution < 1.29 is 24.9 Å². The van der Waals surface area contributed by atoms with Crippen LogP contribution in [0.25, 0.3) is 0 Å². The number of rotatable bonds is 6. The molecule has 0 aliphatic rings. The first-order valence-electron chi connectivity index (χ1n) is 3.29. The first-order valence-corrected chi connectivity index (χ1v) is 3.29. The van der Waals surface area contributed by atoms with Crippen LogP contribution in [-0.2, 0) is 9.59 Å². The zero-order valence-electron chi connectivity index (χ0n) is 7.06. The fourth-order valence-electron chi connectivity index (χ4n) is 0.721. The molecule has 0 unspecified atom stereocenters. The summed E-state index contributed by atoms with van der Waals surface area (Å²) in [7, 11) is 0. The molecule has 0 aromatic rings. The number of aliphatic hydroxyl groups is 1. The van der Waals surface area contributed by atoms with E-state index < -0.39 is 25.0 Å². The van der Waals surface area contributed by atoms with Gasteiger partial charge in [-0.15, -0.1) is 0 Å². The standard InChI is InChI=1S/C6H11NO5.Ba/c8-2-1-7(3-5(9)10)4-6(11)12;/h8H,1-4H2,(H,9,10)(H,11,12);/q;+2/p-2. The fourth-order valence-corrected chi connectivity index (χ4v) is 0.721. The average Bonchev–Trinajstić information content (AvgIpc) is 1.84. The quantitative estimate of drug-likeness (QED) is 0.495. The molecule has 0 amide bonds. The van der Waals surface area contributed by atoms with Gasteiger partial charge in [-0.2, -0.15) is 0 Å². The van der Waals surface area contributed by atoms with E-state index in [2.05, 4.69) is 0 Å². The summed E-state index contributed by atoms with van der Waals surface area (Å²) in [6.07, 6.45) is 0. The SMILES string of the molecule is O=C([O-])CN(CCO)CC(=O)[O-].[Ba+2]. The van der Waals surface area contributed by atoms with Crippen molar-refractivity contribution in [2.75, 3.05) is 26.2 Å². The summed E-state index contributed by atoms with van der Waals surface area (Å²) in [5, 5.41) is 28.4. The summed E-state index contributed by atoms with van der Waals surface area (Å²) in [4.78, 5) is 21.0. The molecule has 0 rings (SSSR count). The number of carboxylic acid groups (broad SMARTS) is 2. The van der Waals surface area contributed by atoms with Gasteiger partial charge in [-0.1, -0.05) is 0 Å². The second kappa shape index (κ2) is 9.00. The molecule has 0 aliphatic carbocycles. The third-order valence-electron chi connectivity index (χ3n) is 1.12. The van der Waals surface area contributed by atoms with Gasteiger partial charge in [-0.3, -0.25) is 4.90 Å². The minimum absolute atomic E-state index is 0. The molecule has 0 heterocycles. The Labute approximate surface area is 116 Å². The molecule has 0 aromatic carbocycles. The Morgan fingerprint density at radius 2 is 1.54 bits per heavy atom. The molecule has 0 bridgehead atoms. The Kier molecular flexibility index (Phi) is 11.0. The van der Waals surface area contributed by atoms with Gasteiger partial charge < -0.3 is 24.9 Å². The molecule has 0 atom stereocenters. The molecule has 0 spiro atoms. The number of hydrogen-bond donors (Lipinski definition) is 1. The maximum absolute atomic E-state index is 10.0. The maximum atomic E-state index is 10.0. The third kappa shape index (κ3) is 10.4. The van der Waals surface area contributed by atoms with Gasteiger partial charge in [0.25, 0.3) is 0 Å². The van der Waals surface area contributed by atoms with Crippen LogP contribution in [0.4, 0.5) is 0 Å². The van der Waals surface area contributed by atoms with E-state index in [0.29, 0.717) is 0 Å². The number of hydrogen-bond acceptors (Lipinski definition) is 6. The van der Waals surface area contributed by atoms with Crippen molar-refractivity contribution in [2.45, 2.75) is 0 Å². The smallest absolute Gasteiger partial charge is 0.549 e. The van der Waals surface area contributed by atoms with Crippen LogP contribution in [0.3, 0.4) is 0 Å². The monoisotopic (exact) mass is 313 g/mol. The molecule has 0 aromatic heterocycles. The van der Waals surface area contributed by atoms with Crippen LogP contribution in [0.15, 0.2) is 0 Å². The third-order valence-corrected chi connectivity index (χ3v) is 1.12. The van der Waals surface area contributed by atoms with Crippen LogP contribution in [0, 0.1) is 0 Å². The van der Waals surface area contributed by atoms with Crippen LogP contribution in [-0.4, -0.2) is 97.1 Å². The van der Waals surface area contributed by atoms with Crippen LogP contribution >= 0.6 is 0 Å². The van der Waals surface area contributed by atoms with E-state index in [9.17, 15) is 19.8 Å². The van der Waals surface area contributed by atoms with Crippen LogP contribution < -0.4 is 10.2 Å². The first-order chi connectivity index (χ1) is 5.56. The molecule has 0 radical (unpaired) electrons. The van der Waals surface area contributed by atoms with Gasteiger partial charge in [-0.25, -0.2) is 0 Å². The number of carboxylic acids is 2. The summed E-state index contributed by atoms with van der Waals surface area (Å²) in [6, 6.07) is 0. The largest absolute Gasteiger partial charge is 2.00 e. The van der Waals surface area contributed by atoms with E-state index >= 15 is 0 Å². The van der Waals surface area contributed by atoms with Crippen molar-refractivity contribution in [3.05, 3.63) is 0 Å². The molecular formula is C6H9BaNO5. The minimum atomic E-state index is -1.38. The van der Waals surface area contributed by atoms with Crippen molar-refractivity contribution in [1.29, 1.82) is 0 Å². The van der Waals surface area contributed by atoms with Gasteiger partial charge >= 0.3 is 48.9 Å². The molecule has 7 heteroatoms. The Balaban J connectivity index is 0. The van der Waals surface area contributed by atoms with E-state index in [4.69, 9.17) is 5.11 Å². The van der Waals surface area contributed by atoms with Crippen molar-refractivity contribution in [3.8, 4) is 0 Å². The molecule has 70 valence electrons. The van der Waals surface area contributed by atoms with Crippen LogP contribution in [0.1, 0.15) is 0 Å². The number of aliphatic hydroxyl groups excluding tert-OH is 1. The van der Waals surface area contributed by atoms with E-state index in [1.165, 1.54) is 0 Å². The molecule has 1 N–H and O–H groups in total. The minimum Gasteiger partial charge on any atom is -0.549 e. The number of carbonyl (C=O) groups is 2. The van der Waals surface area contributed by atoms with E-state index in [-0.39, 0.29) is 62.0 Å². The van der Waals surface area contributed by atoms with Crippen molar-refractivity contribution in [3.63, 3.8) is 0 Å². The summed E-state index contributed by atoms with van der Waals surface area (Å²) < 4.78 is 0. The second-order valence-electron chi connectivity index (χ2n) is 2.18. The predicted octanol–water partition coefficient (Wildman–Crippen LogP) is -4.60. The van der Waals surface area contributed by atoms with Gasteiger partial charge in [0.1, 0.15) is 0 Å². The van der Waals surface area contributed by atoms with Gasteiger partial charge in [0, 0.05) is 19.6 Å². The number of carbonyl (C=O) groups excluding carboxylic acids is 2. The maximum Gasteiger partial charge on any atom is 2.00 e. The molecule has 0 saturated carbocycles. The van der Waals surface area contributed by atoms with Gasteiger partial charge in [0.05, 0.1) is 18.5 Å². The Morgan fingerprint density at radius 1 is 1.15 bits per heavy atom. The number of aliphatic carboxylic acids is 2. The molecule has 13 heavy (non-hydrogen) atoms. The van der Waals surface area contributed by atoms with E-state index in [0.717, 1.165) is 4.90 Å². The summed E-state index contributed by atoms with van der Waals surface area (Å²) in [6.45, 7) is -1.37. The van der Waals surface area contributed by atoms with Crippen molar-refractivity contribution in [1.82, 2.24) is 4.90 Å². The average molecular weight is 312 g/mol. The zero-order chi connectivity index (χ0) is 9.56. The topological polar surface area (TPSA) is 104 Å². The molecule has 0 aliphatic heterocycles. The summed E-state index contributed by atoms with van der Waals surface area (Å²) in [5.41, 5.74) is 0. The molecule has 6 nitrogen and oxygen atoms in total. The van der Waals surface area contributed by atoms with Crippen LogP contribution in [0.5, 0.6) is 0 Å². The summed E-state index contributed by atoms with van der Waals surface area (Å²) >= 11 is 0. The zero-order valence-corrected chi connectivity index (χ0v) is 11.5. The fraction of sp³-hybridized carbons (Fsp3) is 0.667. The summed E-state index contributed by atoms with van der Waals surface area (Å²) in [5.74, 6) is -2.77. The van der Waals surface area contributed by atoms with Crippen molar-refractivity contribution >= 4 is 60.8 Å². The number of nitrogens with zero attached hydrogens (tertiary/aromatic N) is 1. The van der Waals surface area contributed by atoms with Gasteiger partial charge in [0.15, 0.2) is 0 Å². The normalized spacial score (nSPS) is 9.38. The molecule has 0 fully saturated rings. The Morgan fingerprint density at radius 3 is 1.77 bits per heavy atom. The second-order valence-corrected chi connectivity index (χ2v) is 2.18. The van der Waals surface area contributed by atoms with Gasteiger partial charge in [0.2, 0.25) is 0 Å². The molecule has 0 saturated heterocycles. The van der Waals surface area contributed by atoms with Gasteiger partial charge in [-0.05, 0) is 0 Å². The van der Waals surface area contributed by atoms with E-state index in [1.807, 2.05) is 0 Å². The first kappa shape index (κ1) is 15.9. The Bertz CT molecular complexity index is 158.